The summed E-state index contributed by atoms with van der Waals surface area (Å²) in [6, 6.07) is 10.1. The average Bonchev–Trinajstić information content (AvgIpc) is 3.05. The molecule has 0 aliphatic rings. The largest absolute Gasteiger partial charge is 0.488 e. The molecule has 3 aromatic rings. The minimum absolute atomic E-state index is 0.114. The summed E-state index contributed by atoms with van der Waals surface area (Å²) in [5, 5.41) is 10.7. The molecule has 2 aromatic heterocycles. The van der Waals surface area contributed by atoms with Gasteiger partial charge in [0.25, 0.3) is 0 Å². The summed E-state index contributed by atoms with van der Waals surface area (Å²) in [7, 11) is 0. The van der Waals surface area contributed by atoms with Gasteiger partial charge in [-0.15, -0.1) is 22.7 Å². The fraction of sp³-hybridized carbons (Fsp3) is 0.0714. The Bertz CT molecular complexity index is 765. The van der Waals surface area contributed by atoms with Gasteiger partial charge in [0.05, 0.1) is 4.88 Å². The zero-order valence-electron chi connectivity index (χ0n) is 10.4. The number of fused-ring (bicyclic) bond motifs is 1. The quantitative estimate of drug-likeness (QED) is 0.377. The third-order valence-corrected chi connectivity index (χ3v) is 5.64. The molecule has 6 heteroatoms. The Hall–Kier alpha value is -1.12. The van der Waals surface area contributed by atoms with E-state index in [0.717, 1.165) is 24.3 Å². The summed E-state index contributed by atoms with van der Waals surface area (Å²) in [5.41, 5.74) is 5.55. The molecule has 0 bridgehead atoms. The SMILES string of the molecule is N=C(N)c1cc2c(I)cc(OCc3cccs3)cc2s1. The number of benzene rings is 1. The number of amidine groups is 1. The van der Waals surface area contributed by atoms with Crippen molar-refractivity contribution in [3.63, 3.8) is 0 Å². The minimum atomic E-state index is 0.114. The van der Waals surface area contributed by atoms with E-state index in [-0.39, 0.29) is 5.84 Å². The van der Waals surface area contributed by atoms with E-state index in [1.54, 1.807) is 11.3 Å². The third-order valence-electron chi connectivity index (χ3n) is 2.79. The van der Waals surface area contributed by atoms with E-state index < -0.39 is 0 Å². The van der Waals surface area contributed by atoms with Gasteiger partial charge in [0.15, 0.2) is 0 Å². The molecule has 3 nitrogen and oxygen atoms in total. The van der Waals surface area contributed by atoms with E-state index in [4.69, 9.17) is 15.9 Å². The van der Waals surface area contributed by atoms with Gasteiger partial charge >= 0.3 is 0 Å². The first-order valence-electron chi connectivity index (χ1n) is 5.86. The van der Waals surface area contributed by atoms with Crippen LogP contribution in [0.15, 0.2) is 35.7 Å². The van der Waals surface area contributed by atoms with Crippen molar-refractivity contribution < 1.29 is 4.74 Å². The lowest BCUT2D eigenvalue weighted by Crippen LogP contribution is -2.08. The molecule has 0 amide bonds. The number of hydrogen-bond acceptors (Lipinski definition) is 4. The fourth-order valence-corrected chi connectivity index (χ4v) is 4.37. The number of thiophene rings is 2. The van der Waals surface area contributed by atoms with Crippen molar-refractivity contribution in [2.24, 2.45) is 5.73 Å². The molecule has 0 saturated heterocycles. The van der Waals surface area contributed by atoms with Crippen molar-refractivity contribution >= 4 is 61.2 Å². The summed E-state index contributed by atoms with van der Waals surface area (Å²) >= 11 is 5.51. The van der Waals surface area contributed by atoms with Crippen molar-refractivity contribution in [3.05, 3.63) is 49.0 Å². The highest BCUT2D eigenvalue weighted by Gasteiger charge is 2.09. The molecule has 3 N–H and O–H groups in total. The number of hydrogen-bond donors (Lipinski definition) is 2. The predicted molar refractivity (Wildman–Crippen MR) is 94.2 cm³/mol. The Kier molecular flexibility index (Phi) is 3.95. The summed E-state index contributed by atoms with van der Waals surface area (Å²) in [5.74, 6) is 0.968. The Morgan fingerprint density at radius 1 is 1.35 bits per heavy atom. The molecule has 0 radical (unpaired) electrons. The van der Waals surface area contributed by atoms with Crippen molar-refractivity contribution in [1.82, 2.24) is 0 Å². The minimum Gasteiger partial charge on any atom is -0.488 e. The van der Waals surface area contributed by atoms with Gasteiger partial charge in [-0.05, 0) is 52.2 Å². The van der Waals surface area contributed by atoms with Crippen LogP contribution in [0.25, 0.3) is 10.1 Å². The van der Waals surface area contributed by atoms with Crippen LogP contribution in [0.5, 0.6) is 5.75 Å². The van der Waals surface area contributed by atoms with Crippen molar-refractivity contribution in [1.29, 1.82) is 5.41 Å². The van der Waals surface area contributed by atoms with E-state index in [2.05, 4.69) is 28.7 Å². The molecular formula is C14H11IN2OS2. The number of nitrogens with two attached hydrogens (primary N) is 1. The highest BCUT2D eigenvalue weighted by atomic mass is 127. The Morgan fingerprint density at radius 2 is 2.20 bits per heavy atom. The molecule has 1 aromatic carbocycles. The fourth-order valence-electron chi connectivity index (χ4n) is 1.84. The topological polar surface area (TPSA) is 59.1 Å². The predicted octanol–water partition coefficient (Wildman–Crippen LogP) is 4.43. The van der Waals surface area contributed by atoms with E-state index in [1.165, 1.54) is 16.2 Å². The van der Waals surface area contributed by atoms with Crippen molar-refractivity contribution in [2.75, 3.05) is 0 Å². The van der Waals surface area contributed by atoms with Crippen LogP contribution < -0.4 is 10.5 Å². The van der Waals surface area contributed by atoms with E-state index in [9.17, 15) is 0 Å². The van der Waals surface area contributed by atoms with Crippen LogP contribution in [-0.2, 0) is 6.61 Å². The second-order valence-electron chi connectivity index (χ2n) is 4.21. The molecule has 102 valence electrons. The molecule has 0 atom stereocenters. The summed E-state index contributed by atoms with van der Waals surface area (Å²) in [6.07, 6.45) is 0. The lowest BCUT2D eigenvalue weighted by atomic mass is 10.2. The number of halogens is 1. The van der Waals surface area contributed by atoms with Gasteiger partial charge in [-0.25, -0.2) is 0 Å². The maximum Gasteiger partial charge on any atom is 0.133 e. The number of ether oxygens (including phenoxy) is 1. The standard InChI is InChI=1S/C14H11IN2OS2/c15-11-4-8(18-7-9-2-1-3-19-9)5-12-10(11)6-13(20-12)14(16)17/h1-6H,7H2,(H3,16,17). The molecule has 0 saturated carbocycles. The van der Waals surface area contributed by atoms with Crippen molar-refractivity contribution in [3.8, 4) is 5.75 Å². The zero-order chi connectivity index (χ0) is 14.1. The summed E-state index contributed by atoms with van der Waals surface area (Å²) in [4.78, 5) is 2.00. The maximum atomic E-state index is 7.52. The van der Waals surface area contributed by atoms with Gasteiger partial charge in [0, 0.05) is 18.5 Å². The Labute approximate surface area is 138 Å². The number of rotatable bonds is 4. The third kappa shape index (κ3) is 2.82. The second kappa shape index (κ2) is 5.71. The first kappa shape index (κ1) is 13.8. The Balaban J connectivity index is 1.90. The van der Waals surface area contributed by atoms with Crippen LogP contribution in [0.4, 0.5) is 0 Å². The first-order chi connectivity index (χ1) is 9.63. The molecule has 0 aliphatic carbocycles. The highest BCUT2D eigenvalue weighted by molar-refractivity contribution is 14.1. The zero-order valence-corrected chi connectivity index (χ0v) is 14.1. The molecule has 0 aliphatic heterocycles. The number of nitrogen functional groups attached to an aromatic ring is 1. The van der Waals surface area contributed by atoms with Crippen LogP contribution >= 0.6 is 45.3 Å². The summed E-state index contributed by atoms with van der Waals surface area (Å²) in [6.45, 7) is 0.587. The summed E-state index contributed by atoms with van der Waals surface area (Å²) < 4.78 is 8.05. The lowest BCUT2D eigenvalue weighted by Gasteiger charge is -2.05. The van der Waals surface area contributed by atoms with E-state index in [1.807, 2.05) is 29.6 Å². The van der Waals surface area contributed by atoms with Gasteiger partial charge in [0.2, 0.25) is 0 Å². The van der Waals surface area contributed by atoms with Crippen molar-refractivity contribution in [2.45, 2.75) is 6.61 Å². The van der Waals surface area contributed by atoms with Gasteiger partial charge < -0.3 is 10.5 Å². The van der Waals surface area contributed by atoms with Gasteiger partial charge in [-0.3, -0.25) is 5.41 Å². The molecule has 0 unspecified atom stereocenters. The maximum absolute atomic E-state index is 7.52. The van der Waals surface area contributed by atoms with Crippen LogP contribution in [0.1, 0.15) is 9.75 Å². The van der Waals surface area contributed by atoms with Crippen LogP contribution in [-0.4, -0.2) is 5.84 Å². The monoisotopic (exact) mass is 414 g/mol. The van der Waals surface area contributed by atoms with Crippen LogP contribution in [0, 0.1) is 8.98 Å². The Morgan fingerprint density at radius 3 is 2.90 bits per heavy atom. The molecule has 20 heavy (non-hydrogen) atoms. The average molecular weight is 414 g/mol. The lowest BCUT2D eigenvalue weighted by molar-refractivity contribution is 0.310. The van der Waals surface area contributed by atoms with Gasteiger partial charge in [0.1, 0.15) is 18.2 Å². The highest BCUT2D eigenvalue weighted by Crippen LogP contribution is 2.33. The first-order valence-corrected chi connectivity index (χ1v) is 8.63. The molecule has 3 rings (SSSR count). The van der Waals surface area contributed by atoms with Gasteiger partial charge in [-0.1, -0.05) is 6.07 Å². The number of nitrogens with one attached hydrogen (secondary N) is 1. The van der Waals surface area contributed by atoms with Gasteiger partial charge in [-0.2, -0.15) is 0 Å². The normalized spacial score (nSPS) is 10.8. The smallest absolute Gasteiger partial charge is 0.133 e. The molecule has 0 fully saturated rings. The van der Waals surface area contributed by atoms with Crippen LogP contribution in [0.3, 0.4) is 0 Å². The second-order valence-corrected chi connectivity index (χ2v) is 7.49. The van der Waals surface area contributed by atoms with E-state index in [0.29, 0.717) is 6.61 Å². The molecule has 0 spiro atoms. The molecule has 2 heterocycles. The molecular weight excluding hydrogens is 403 g/mol. The van der Waals surface area contributed by atoms with Crippen LogP contribution in [0.2, 0.25) is 0 Å². The van der Waals surface area contributed by atoms with E-state index >= 15 is 0 Å².